The fourth-order valence-corrected chi connectivity index (χ4v) is 4.73. The Morgan fingerprint density at radius 1 is 1.00 bits per heavy atom. The fourth-order valence-electron chi connectivity index (χ4n) is 4.61. The molecule has 3 aliphatic heterocycles. The van der Waals surface area contributed by atoms with E-state index in [2.05, 4.69) is 5.10 Å². The summed E-state index contributed by atoms with van der Waals surface area (Å²) in [5.74, 6) is -1.89. The molecule has 5 rings (SSSR count). The van der Waals surface area contributed by atoms with Crippen molar-refractivity contribution in [3.05, 3.63) is 71.3 Å². The monoisotopic (exact) mass is 435 g/mol. The summed E-state index contributed by atoms with van der Waals surface area (Å²) in [6, 6.07) is 11.9. The van der Waals surface area contributed by atoms with Gasteiger partial charge >= 0.3 is 0 Å². The molecule has 0 unspecified atom stereocenters. The van der Waals surface area contributed by atoms with Crippen LogP contribution in [0.2, 0.25) is 5.02 Å². The third-order valence-electron chi connectivity index (χ3n) is 6.02. The fraction of sp³-hybridized carbons (Fsp3) is 0.217. The average molecular weight is 436 g/mol. The van der Waals surface area contributed by atoms with Gasteiger partial charge in [-0.05, 0) is 54.6 Å². The number of hydrogen-bond donors (Lipinski definition) is 0. The Morgan fingerprint density at radius 3 is 2.35 bits per heavy atom. The number of halogens is 1. The standard InChI is InChI=1S/C23H18ClN3O4/c1-31-16-10-4-13(5-11-16)21(28)20-19-18(17-3-2-12-25-27(17)20)22(29)26(23(19)30)15-8-6-14(24)7-9-15/h2-12,17-20H,1H3/t17-,18+,19+,20-/m0/s1. The first-order chi connectivity index (χ1) is 15.0. The Bertz CT molecular complexity index is 1130. The molecule has 3 heterocycles. The van der Waals surface area contributed by atoms with Gasteiger partial charge in [0.05, 0.1) is 30.7 Å². The van der Waals surface area contributed by atoms with E-state index in [4.69, 9.17) is 16.3 Å². The van der Waals surface area contributed by atoms with Gasteiger partial charge in [0.15, 0.2) is 5.78 Å². The number of anilines is 1. The van der Waals surface area contributed by atoms with Crippen LogP contribution in [0.1, 0.15) is 10.4 Å². The van der Waals surface area contributed by atoms with Crippen LogP contribution < -0.4 is 9.64 Å². The van der Waals surface area contributed by atoms with Crippen molar-refractivity contribution in [1.82, 2.24) is 5.01 Å². The maximum Gasteiger partial charge on any atom is 0.240 e. The highest BCUT2D eigenvalue weighted by Gasteiger charge is 2.64. The van der Waals surface area contributed by atoms with Crippen LogP contribution in [-0.4, -0.2) is 48.0 Å². The molecule has 0 spiro atoms. The Kier molecular flexibility index (Phi) is 4.63. The average Bonchev–Trinajstić information content (AvgIpc) is 3.27. The topological polar surface area (TPSA) is 79.3 Å². The minimum atomic E-state index is -0.877. The maximum atomic E-state index is 13.5. The summed E-state index contributed by atoms with van der Waals surface area (Å²) in [5, 5.41) is 6.45. The molecular formula is C23H18ClN3O4. The van der Waals surface area contributed by atoms with Gasteiger partial charge in [-0.25, -0.2) is 4.90 Å². The smallest absolute Gasteiger partial charge is 0.240 e. The first-order valence-electron chi connectivity index (χ1n) is 9.82. The second kappa shape index (κ2) is 7.35. The van der Waals surface area contributed by atoms with Crippen LogP contribution in [0.3, 0.4) is 0 Å². The molecule has 8 heteroatoms. The molecule has 0 aliphatic carbocycles. The van der Waals surface area contributed by atoms with Gasteiger partial charge in [-0.15, -0.1) is 0 Å². The van der Waals surface area contributed by atoms with Crippen LogP contribution in [0.4, 0.5) is 5.69 Å². The quantitative estimate of drug-likeness (QED) is 0.545. The van der Waals surface area contributed by atoms with Gasteiger partial charge in [0.25, 0.3) is 0 Å². The molecule has 0 aromatic heterocycles. The number of carbonyl (C=O) groups excluding carboxylic acids is 3. The molecule has 0 radical (unpaired) electrons. The summed E-state index contributed by atoms with van der Waals surface area (Å²) in [6.45, 7) is 0. The van der Waals surface area contributed by atoms with E-state index >= 15 is 0 Å². The van der Waals surface area contributed by atoms with Crippen molar-refractivity contribution in [2.24, 2.45) is 16.9 Å². The molecule has 0 bridgehead atoms. The number of imide groups is 1. The number of allylic oxidation sites excluding steroid dienone is 1. The van der Waals surface area contributed by atoms with E-state index in [-0.39, 0.29) is 11.7 Å². The van der Waals surface area contributed by atoms with E-state index in [1.54, 1.807) is 72.9 Å². The summed E-state index contributed by atoms with van der Waals surface area (Å²) < 4.78 is 5.16. The first-order valence-corrected chi connectivity index (χ1v) is 10.2. The molecule has 7 nitrogen and oxygen atoms in total. The second-order valence-corrected chi connectivity index (χ2v) is 8.03. The second-order valence-electron chi connectivity index (χ2n) is 7.60. The van der Waals surface area contributed by atoms with Gasteiger partial charge in [0.2, 0.25) is 11.8 Å². The van der Waals surface area contributed by atoms with E-state index in [9.17, 15) is 14.4 Å². The molecule has 2 saturated heterocycles. The molecule has 0 N–H and O–H groups in total. The lowest BCUT2D eigenvalue weighted by atomic mass is 9.86. The molecule has 31 heavy (non-hydrogen) atoms. The minimum absolute atomic E-state index is 0.258. The van der Waals surface area contributed by atoms with Crippen LogP contribution in [0.15, 0.2) is 65.8 Å². The highest BCUT2D eigenvalue weighted by molar-refractivity contribution is 6.31. The van der Waals surface area contributed by atoms with E-state index in [1.807, 2.05) is 6.08 Å². The SMILES string of the molecule is COc1ccc(C(=O)[C@@H]2[C@@H]3C(=O)N(c4ccc(Cl)cc4)C(=O)[C@@H]3[C@@H]3C=CC=NN23)cc1. The third-order valence-corrected chi connectivity index (χ3v) is 6.27. The normalized spacial score (nSPS) is 26.3. The Balaban J connectivity index is 1.55. The molecule has 2 aromatic rings. The molecular weight excluding hydrogens is 418 g/mol. The number of rotatable bonds is 4. The Morgan fingerprint density at radius 2 is 1.68 bits per heavy atom. The number of ketones is 1. The number of hydrogen-bond acceptors (Lipinski definition) is 6. The van der Waals surface area contributed by atoms with Crippen molar-refractivity contribution >= 4 is 41.1 Å². The predicted octanol–water partition coefficient (Wildman–Crippen LogP) is 2.95. The molecule has 4 atom stereocenters. The maximum absolute atomic E-state index is 13.5. The molecule has 2 amide bonds. The molecule has 156 valence electrons. The van der Waals surface area contributed by atoms with Crippen LogP contribution in [0.25, 0.3) is 0 Å². The summed E-state index contributed by atoms with van der Waals surface area (Å²) in [5.41, 5.74) is 0.874. The van der Waals surface area contributed by atoms with Gasteiger partial charge in [0, 0.05) is 16.8 Å². The summed E-state index contributed by atoms with van der Waals surface area (Å²) in [6.07, 6.45) is 5.13. The van der Waals surface area contributed by atoms with E-state index < -0.39 is 29.8 Å². The van der Waals surface area contributed by atoms with Crippen molar-refractivity contribution in [3.63, 3.8) is 0 Å². The lowest BCUT2D eigenvalue weighted by molar-refractivity contribution is -0.123. The Labute approximate surface area is 183 Å². The highest BCUT2D eigenvalue weighted by atomic mass is 35.5. The number of carbonyl (C=O) groups is 3. The van der Waals surface area contributed by atoms with Crippen LogP contribution >= 0.6 is 11.6 Å². The van der Waals surface area contributed by atoms with Crippen LogP contribution in [-0.2, 0) is 9.59 Å². The molecule has 2 aromatic carbocycles. The van der Waals surface area contributed by atoms with Gasteiger partial charge in [-0.2, -0.15) is 5.10 Å². The number of ether oxygens (including phenoxy) is 1. The minimum Gasteiger partial charge on any atom is -0.497 e. The van der Waals surface area contributed by atoms with Crippen molar-refractivity contribution < 1.29 is 19.1 Å². The zero-order valence-electron chi connectivity index (χ0n) is 16.5. The lowest BCUT2D eigenvalue weighted by Crippen LogP contribution is -2.46. The van der Waals surface area contributed by atoms with Crippen LogP contribution in [0.5, 0.6) is 5.75 Å². The van der Waals surface area contributed by atoms with E-state index in [0.717, 1.165) is 0 Å². The largest absolute Gasteiger partial charge is 0.497 e. The highest BCUT2D eigenvalue weighted by Crippen LogP contribution is 2.46. The van der Waals surface area contributed by atoms with Crippen LogP contribution in [0, 0.1) is 11.8 Å². The number of nitrogens with zero attached hydrogens (tertiary/aromatic N) is 3. The number of fused-ring (bicyclic) bond motifs is 3. The van der Waals surface area contributed by atoms with Gasteiger partial charge in [-0.3, -0.25) is 19.4 Å². The number of benzene rings is 2. The number of hydrazone groups is 1. The lowest BCUT2D eigenvalue weighted by Gasteiger charge is -2.30. The zero-order chi connectivity index (χ0) is 21.7. The number of Topliss-reactive ketones (excluding diaryl/α,β-unsaturated/α-hetero) is 1. The van der Waals surface area contributed by atoms with Crippen molar-refractivity contribution in [2.45, 2.75) is 12.1 Å². The molecule has 0 saturated carbocycles. The summed E-state index contributed by atoms with van der Waals surface area (Å²) >= 11 is 5.96. The molecule has 3 aliphatic rings. The molecule has 2 fully saturated rings. The van der Waals surface area contributed by atoms with Gasteiger partial charge in [0.1, 0.15) is 11.8 Å². The van der Waals surface area contributed by atoms with Gasteiger partial charge < -0.3 is 4.74 Å². The predicted molar refractivity (Wildman–Crippen MR) is 115 cm³/mol. The van der Waals surface area contributed by atoms with Crippen molar-refractivity contribution in [1.29, 1.82) is 0 Å². The first kappa shape index (κ1) is 19.5. The van der Waals surface area contributed by atoms with Crippen molar-refractivity contribution in [3.8, 4) is 5.75 Å². The third kappa shape index (κ3) is 2.96. The summed E-state index contributed by atoms with van der Waals surface area (Å²) in [4.78, 5) is 41.5. The number of amides is 2. The summed E-state index contributed by atoms with van der Waals surface area (Å²) in [7, 11) is 1.55. The zero-order valence-corrected chi connectivity index (χ0v) is 17.3. The van der Waals surface area contributed by atoms with E-state index in [0.29, 0.717) is 22.0 Å². The Hall–Kier alpha value is -3.45. The van der Waals surface area contributed by atoms with E-state index in [1.165, 1.54) is 4.90 Å². The number of methoxy groups -OCH3 is 1. The van der Waals surface area contributed by atoms with Gasteiger partial charge in [-0.1, -0.05) is 17.7 Å². The van der Waals surface area contributed by atoms with Crippen molar-refractivity contribution in [2.75, 3.05) is 12.0 Å².